The monoisotopic (exact) mass is 332 g/mol. The van der Waals surface area contributed by atoms with Gasteiger partial charge in [-0.2, -0.15) is 0 Å². The summed E-state index contributed by atoms with van der Waals surface area (Å²) in [6.45, 7) is 0.414. The standard InChI is InChI=1S/C15H13BrN2O2/c1-19-13-4-6-14(7-5-13)20-10-15-17-8-12-3-2-11(16)9-18(12)15/h2-9H,10H2,1H3. The van der Waals surface area contributed by atoms with Crippen LogP contribution in [0, 0.1) is 0 Å². The van der Waals surface area contributed by atoms with Crippen LogP contribution in [0.1, 0.15) is 5.82 Å². The van der Waals surface area contributed by atoms with Gasteiger partial charge in [0.25, 0.3) is 0 Å². The normalized spacial score (nSPS) is 10.7. The van der Waals surface area contributed by atoms with Gasteiger partial charge < -0.3 is 9.47 Å². The molecule has 0 aliphatic rings. The zero-order valence-corrected chi connectivity index (χ0v) is 12.5. The van der Waals surface area contributed by atoms with Crippen molar-refractivity contribution in [3.05, 3.63) is 59.1 Å². The fourth-order valence-corrected chi connectivity index (χ4v) is 2.28. The summed E-state index contributed by atoms with van der Waals surface area (Å²) in [5.74, 6) is 2.46. The molecule has 3 rings (SSSR count). The van der Waals surface area contributed by atoms with Crippen LogP contribution in [0.15, 0.2) is 53.3 Å². The summed E-state index contributed by atoms with van der Waals surface area (Å²) in [6.07, 6.45) is 3.81. The summed E-state index contributed by atoms with van der Waals surface area (Å²) in [4.78, 5) is 4.38. The fourth-order valence-electron chi connectivity index (χ4n) is 1.94. The molecule has 0 aliphatic carbocycles. The van der Waals surface area contributed by atoms with E-state index in [9.17, 15) is 0 Å². The highest BCUT2D eigenvalue weighted by Crippen LogP contribution is 2.19. The zero-order chi connectivity index (χ0) is 13.9. The summed E-state index contributed by atoms with van der Waals surface area (Å²) in [5.41, 5.74) is 1.04. The highest BCUT2D eigenvalue weighted by molar-refractivity contribution is 9.10. The quantitative estimate of drug-likeness (QED) is 0.731. The van der Waals surface area contributed by atoms with Crippen LogP contribution in [0.4, 0.5) is 0 Å². The van der Waals surface area contributed by atoms with Crippen molar-refractivity contribution in [3.63, 3.8) is 0 Å². The van der Waals surface area contributed by atoms with Gasteiger partial charge in [0.2, 0.25) is 0 Å². The van der Waals surface area contributed by atoms with Crippen LogP contribution in [0.2, 0.25) is 0 Å². The maximum Gasteiger partial charge on any atom is 0.151 e. The van der Waals surface area contributed by atoms with E-state index in [1.165, 1.54) is 0 Å². The van der Waals surface area contributed by atoms with Gasteiger partial charge in [-0.15, -0.1) is 0 Å². The first kappa shape index (κ1) is 13.0. The molecular weight excluding hydrogens is 320 g/mol. The molecule has 2 heterocycles. The van der Waals surface area contributed by atoms with Gasteiger partial charge in [-0.3, -0.25) is 4.40 Å². The average molecular weight is 333 g/mol. The number of benzene rings is 1. The maximum absolute atomic E-state index is 5.74. The Balaban J connectivity index is 1.77. The molecule has 0 saturated heterocycles. The Labute approximate surface area is 125 Å². The lowest BCUT2D eigenvalue weighted by atomic mass is 10.3. The van der Waals surface area contributed by atoms with Crippen molar-refractivity contribution < 1.29 is 9.47 Å². The molecule has 3 aromatic rings. The number of pyridine rings is 1. The number of hydrogen-bond acceptors (Lipinski definition) is 3. The fraction of sp³-hybridized carbons (Fsp3) is 0.133. The number of rotatable bonds is 4. The lowest BCUT2D eigenvalue weighted by molar-refractivity contribution is 0.294. The van der Waals surface area contributed by atoms with E-state index < -0.39 is 0 Å². The number of aromatic nitrogens is 2. The molecule has 5 heteroatoms. The van der Waals surface area contributed by atoms with Crippen LogP contribution >= 0.6 is 15.9 Å². The van der Waals surface area contributed by atoms with Crippen molar-refractivity contribution in [2.75, 3.05) is 7.11 Å². The lowest BCUT2D eigenvalue weighted by Crippen LogP contribution is -2.01. The van der Waals surface area contributed by atoms with Crippen molar-refractivity contribution in [1.29, 1.82) is 0 Å². The van der Waals surface area contributed by atoms with E-state index in [0.717, 1.165) is 27.3 Å². The number of halogens is 1. The van der Waals surface area contributed by atoms with Crippen molar-refractivity contribution in [3.8, 4) is 11.5 Å². The summed E-state index contributed by atoms with van der Waals surface area (Å²) in [6, 6.07) is 11.5. The zero-order valence-electron chi connectivity index (χ0n) is 10.9. The summed E-state index contributed by atoms with van der Waals surface area (Å²) in [5, 5.41) is 0. The first-order valence-electron chi connectivity index (χ1n) is 6.14. The van der Waals surface area contributed by atoms with Gasteiger partial charge in [0, 0.05) is 10.7 Å². The van der Waals surface area contributed by atoms with Crippen molar-refractivity contribution in [2.45, 2.75) is 6.61 Å². The minimum Gasteiger partial charge on any atom is -0.497 e. The first-order chi connectivity index (χ1) is 9.76. The smallest absolute Gasteiger partial charge is 0.151 e. The van der Waals surface area contributed by atoms with E-state index in [1.807, 2.05) is 53.2 Å². The molecule has 0 saturated carbocycles. The van der Waals surface area contributed by atoms with Crippen LogP contribution < -0.4 is 9.47 Å². The Morgan fingerprint density at radius 1 is 1.10 bits per heavy atom. The van der Waals surface area contributed by atoms with Gasteiger partial charge in [0.05, 0.1) is 18.8 Å². The molecule has 0 aliphatic heterocycles. The van der Waals surface area contributed by atoms with Crippen molar-refractivity contribution in [1.82, 2.24) is 9.38 Å². The summed E-state index contributed by atoms with van der Waals surface area (Å²) in [7, 11) is 1.64. The number of methoxy groups -OCH3 is 1. The molecule has 1 aromatic carbocycles. The van der Waals surface area contributed by atoms with E-state index in [-0.39, 0.29) is 0 Å². The number of fused-ring (bicyclic) bond motifs is 1. The van der Waals surface area contributed by atoms with Gasteiger partial charge in [-0.05, 0) is 52.3 Å². The van der Waals surface area contributed by atoms with Gasteiger partial charge in [-0.1, -0.05) is 0 Å². The molecule has 0 unspecified atom stereocenters. The molecule has 20 heavy (non-hydrogen) atoms. The molecule has 0 atom stereocenters. The van der Waals surface area contributed by atoms with Crippen LogP contribution in [0.3, 0.4) is 0 Å². The second kappa shape index (κ2) is 5.54. The second-order valence-corrected chi connectivity index (χ2v) is 5.20. The Hall–Kier alpha value is -2.01. The lowest BCUT2D eigenvalue weighted by Gasteiger charge is -2.07. The second-order valence-electron chi connectivity index (χ2n) is 4.28. The van der Waals surface area contributed by atoms with Crippen LogP contribution in [0.25, 0.3) is 5.52 Å². The Morgan fingerprint density at radius 2 is 1.85 bits per heavy atom. The highest BCUT2D eigenvalue weighted by Gasteiger charge is 2.05. The van der Waals surface area contributed by atoms with E-state index in [2.05, 4.69) is 20.9 Å². The molecule has 0 fully saturated rings. The molecule has 0 spiro atoms. The Bertz CT molecular complexity index is 722. The van der Waals surface area contributed by atoms with E-state index >= 15 is 0 Å². The SMILES string of the molecule is COc1ccc(OCc2ncc3ccc(Br)cn23)cc1. The third-order valence-corrected chi connectivity index (χ3v) is 3.46. The van der Waals surface area contributed by atoms with Gasteiger partial charge in [0.1, 0.15) is 18.1 Å². The first-order valence-corrected chi connectivity index (χ1v) is 6.94. The Kier molecular flexibility index (Phi) is 3.60. The maximum atomic E-state index is 5.74. The number of ether oxygens (including phenoxy) is 2. The van der Waals surface area contributed by atoms with Crippen LogP contribution in [-0.4, -0.2) is 16.5 Å². The van der Waals surface area contributed by atoms with Gasteiger partial charge in [-0.25, -0.2) is 4.98 Å². The van der Waals surface area contributed by atoms with Crippen molar-refractivity contribution in [2.24, 2.45) is 0 Å². The third kappa shape index (κ3) is 2.63. The molecule has 0 radical (unpaired) electrons. The summed E-state index contributed by atoms with van der Waals surface area (Å²) < 4.78 is 13.9. The predicted octanol–water partition coefficient (Wildman–Crippen LogP) is 3.68. The molecule has 2 aromatic heterocycles. The number of hydrogen-bond donors (Lipinski definition) is 0. The molecule has 0 amide bonds. The predicted molar refractivity (Wildman–Crippen MR) is 80.2 cm³/mol. The van der Waals surface area contributed by atoms with E-state index in [0.29, 0.717) is 6.61 Å². The largest absolute Gasteiger partial charge is 0.497 e. The van der Waals surface area contributed by atoms with Crippen LogP contribution in [-0.2, 0) is 6.61 Å². The van der Waals surface area contributed by atoms with E-state index in [4.69, 9.17) is 9.47 Å². The number of nitrogens with zero attached hydrogens (tertiary/aromatic N) is 2. The third-order valence-electron chi connectivity index (χ3n) is 3.00. The highest BCUT2D eigenvalue weighted by atomic mass is 79.9. The molecule has 4 nitrogen and oxygen atoms in total. The molecule has 0 N–H and O–H groups in total. The average Bonchev–Trinajstić information content (AvgIpc) is 2.88. The van der Waals surface area contributed by atoms with E-state index in [1.54, 1.807) is 7.11 Å². The molecular formula is C15H13BrN2O2. The van der Waals surface area contributed by atoms with Gasteiger partial charge in [0.15, 0.2) is 5.82 Å². The topological polar surface area (TPSA) is 35.8 Å². The van der Waals surface area contributed by atoms with Crippen molar-refractivity contribution >= 4 is 21.4 Å². The minimum absolute atomic E-state index is 0.414. The van der Waals surface area contributed by atoms with Gasteiger partial charge >= 0.3 is 0 Å². The molecule has 0 bridgehead atoms. The minimum atomic E-state index is 0.414. The van der Waals surface area contributed by atoms with Crippen LogP contribution in [0.5, 0.6) is 11.5 Å². The summed E-state index contributed by atoms with van der Waals surface area (Å²) >= 11 is 3.46. The number of imidazole rings is 1. The molecule has 102 valence electrons. The Morgan fingerprint density at radius 3 is 2.60 bits per heavy atom.